The summed E-state index contributed by atoms with van der Waals surface area (Å²) in [5, 5.41) is 0. The van der Waals surface area contributed by atoms with Gasteiger partial charge in [0.1, 0.15) is 10.3 Å². The van der Waals surface area contributed by atoms with Crippen LogP contribution in [-0.2, 0) is 0 Å². The number of thiazole rings is 1. The molecule has 19 heavy (non-hydrogen) atoms. The number of hydrogen-bond acceptors (Lipinski definition) is 2. The summed E-state index contributed by atoms with van der Waals surface area (Å²) < 4.78 is 4.44. The van der Waals surface area contributed by atoms with E-state index in [1.54, 1.807) is 11.3 Å². The van der Waals surface area contributed by atoms with Crippen molar-refractivity contribution in [3.63, 3.8) is 0 Å². The molecule has 0 amide bonds. The number of hydrogen-bond donors (Lipinski definition) is 0. The maximum absolute atomic E-state index is 4.75. The van der Waals surface area contributed by atoms with Crippen LogP contribution in [0.15, 0.2) is 59.2 Å². The number of imidazole rings is 1. The lowest BCUT2D eigenvalue weighted by Gasteiger charge is -1.98. The van der Waals surface area contributed by atoms with Gasteiger partial charge in [0, 0.05) is 5.56 Å². The second-order valence-electron chi connectivity index (χ2n) is 4.31. The molecule has 0 saturated carbocycles. The zero-order valence-corrected chi connectivity index (χ0v) is 12.3. The average Bonchev–Trinajstić information content (AvgIpc) is 2.97. The topological polar surface area (TPSA) is 17.3 Å². The van der Waals surface area contributed by atoms with Crippen LogP contribution in [0.1, 0.15) is 0 Å². The fourth-order valence-corrected chi connectivity index (χ4v) is 4.08. The Hall–Kier alpha value is -1.65. The van der Waals surface area contributed by atoms with Gasteiger partial charge in [-0.2, -0.15) is 0 Å². The molecule has 0 radical (unpaired) electrons. The van der Waals surface area contributed by atoms with Crippen LogP contribution in [0.5, 0.6) is 0 Å². The first-order valence-corrected chi connectivity index (χ1v) is 7.56. The first kappa shape index (κ1) is 11.2. The second-order valence-corrected chi connectivity index (χ2v) is 6.07. The Bertz CT molecular complexity index is 877. The van der Waals surface area contributed by atoms with Crippen LogP contribution in [0.2, 0.25) is 0 Å². The predicted octanol–water partition coefficient (Wildman–Crippen LogP) is 4.98. The van der Waals surface area contributed by atoms with Crippen molar-refractivity contribution >= 4 is 42.4 Å². The molecule has 0 N–H and O–H groups in total. The molecule has 2 nitrogen and oxygen atoms in total. The summed E-state index contributed by atoms with van der Waals surface area (Å²) in [6, 6.07) is 18.6. The third-order valence-electron chi connectivity index (χ3n) is 3.15. The fourth-order valence-electron chi connectivity index (χ4n) is 2.27. The summed E-state index contributed by atoms with van der Waals surface area (Å²) in [5.41, 5.74) is 3.33. The van der Waals surface area contributed by atoms with Crippen molar-refractivity contribution in [3.8, 4) is 11.3 Å². The zero-order chi connectivity index (χ0) is 12.8. The van der Waals surface area contributed by atoms with E-state index in [2.05, 4.69) is 56.7 Å². The van der Waals surface area contributed by atoms with Crippen LogP contribution in [0.25, 0.3) is 26.4 Å². The lowest BCUT2D eigenvalue weighted by atomic mass is 10.2. The van der Waals surface area contributed by atoms with Crippen molar-refractivity contribution in [1.82, 2.24) is 9.38 Å². The third kappa shape index (κ3) is 1.64. The van der Waals surface area contributed by atoms with Gasteiger partial charge in [-0.25, -0.2) is 4.98 Å². The van der Waals surface area contributed by atoms with Crippen LogP contribution >= 0.6 is 27.3 Å². The summed E-state index contributed by atoms with van der Waals surface area (Å²) in [4.78, 5) is 5.77. The number of rotatable bonds is 1. The highest BCUT2D eigenvalue weighted by Gasteiger charge is 2.15. The first-order valence-electron chi connectivity index (χ1n) is 5.95. The van der Waals surface area contributed by atoms with E-state index in [-0.39, 0.29) is 0 Å². The second kappa shape index (κ2) is 4.18. The number of halogens is 1. The molecule has 92 valence electrons. The van der Waals surface area contributed by atoms with Crippen LogP contribution in [-0.4, -0.2) is 9.38 Å². The van der Waals surface area contributed by atoms with Gasteiger partial charge in [0.2, 0.25) is 0 Å². The minimum absolute atomic E-state index is 0.998. The monoisotopic (exact) mass is 328 g/mol. The lowest BCUT2D eigenvalue weighted by molar-refractivity contribution is 1.25. The standard InChI is InChI=1S/C15H9BrN2S/c16-14-13(10-6-2-1-3-7-10)17-15-18(14)11-8-4-5-9-12(11)19-15/h1-9H. The highest BCUT2D eigenvalue weighted by molar-refractivity contribution is 9.10. The summed E-state index contributed by atoms with van der Waals surface area (Å²) >= 11 is 5.41. The molecule has 4 aromatic rings. The summed E-state index contributed by atoms with van der Waals surface area (Å²) in [7, 11) is 0. The van der Waals surface area contributed by atoms with Crippen LogP contribution < -0.4 is 0 Å². The molecule has 4 heteroatoms. The van der Waals surface area contributed by atoms with Gasteiger partial charge in [-0.3, -0.25) is 4.40 Å². The van der Waals surface area contributed by atoms with Crippen LogP contribution in [0, 0.1) is 0 Å². The molecule has 2 aromatic carbocycles. The normalized spacial score (nSPS) is 11.4. The molecule has 0 aliphatic rings. The van der Waals surface area contributed by atoms with Gasteiger partial charge in [-0.15, -0.1) is 0 Å². The van der Waals surface area contributed by atoms with E-state index in [0.29, 0.717) is 0 Å². The molecule has 0 atom stereocenters. The minimum atomic E-state index is 0.998. The van der Waals surface area contributed by atoms with E-state index in [1.807, 2.05) is 18.2 Å². The first-order chi connectivity index (χ1) is 9.34. The molecule has 2 aromatic heterocycles. The van der Waals surface area contributed by atoms with Crippen molar-refractivity contribution in [2.45, 2.75) is 0 Å². The zero-order valence-electron chi connectivity index (χ0n) is 9.88. The van der Waals surface area contributed by atoms with E-state index in [1.165, 1.54) is 10.2 Å². The Labute approximate surface area is 122 Å². The highest BCUT2D eigenvalue weighted by atomic mass is 79.9. The molecule has 0 spiro atoms. The lowest BCUT2D eigenvalue weighted by Crippen LogP contribution is -1.81. The van der Waals surface area contributed by atoms with Crippen molar-refractivity contribution in [2.24, 2.45) is 0 Å². The summed E-state index contributed by atoms with van der Waals surface area (Å²) in [5.74, 6) is 0. The van der Waals surface area contributed by atoms with Gasteiger partial charge in [-0.05, 0) is 28.1 Å². The Morgan fingerprint density at radius 1 is 0.947 bits per heavy atom. The predicted molar refractivity (Wildman–Crippen MR) is 83.7 cm³/mol. The van der Waals surface area contributed by atoms with Crippen molar-refractivity contribution in [1.29, 1.82) is 0 Å². The van der Waals surface area contributed by atoms with E-state index >= 15 is 0 Å². The Morgan fingerprint density at radius 2 is 1.68 bits per heavy atom. The maximum atomic E-state index is 4.75. The van der Waals surface area contributed by atoms with Gasteiger partial charge in [0.25, 0.3) is 0 Å². The maximum Gasteiger partial charge on any atom is 0.196 e. The van der Waals surface area contributed by atoms with E-state index in [9.17, 15) is 0 Å². The molecule has 0 saturated heterocycles. The number of para-hydroxylation sites is 1. The largest absolute Gasteiger partial charge is 0.277 e. The molecular formula is C15H9BrN2S. The molecule has 4 rings (SSSR count). The smallest absolute Gasteiger partial charge is 0.196 e. The Kier molecular flexibility index (Phi) is 2.47. The van der Waals surface area contributed by atoms with Crippen molar-refractivity contribution in [2.75, 3.05) is 0 Å². The van der Waals surface area contributed by atoms with Gasteiger partial charge >= 0.3 is 0 Å². The van der Waals surface area contributed by atoms with E-state index < -0.39 is 0 Å². The van der Waals surface area contributed by atoms with Crippen molar-refractivity contribution in [3.05, 3.63) is 59.2 Å². The molecule has 0 fully saturated rings. The van der Waals surface area contributed by atoms with Crippen molar-refractivity contribution < 1.29 is 0 Å². The number of aromatic nitrogens is 2. The minimum Gasteiger partial charge on any atom is -0.277 e. The molecule has 0 aliphatic heterocycles. The molecular weight excluding hydrogens is 320 g/mol. The summed E-state index contributed by atoms with van der Waals surface area (Å²) in [6.07, 6.45) is 0. The number of nitrogens with zero attached hydrogens (tertiary/aromatic N) is 2. The van der Waals surface area contributed by atoms with E-state index in [0.717, 1.165) is 20.8 Å². The van der Waals surface area contributed by atoms with Gasteiger partial charge in [0.05, 0.1) is 10.2 Å². The molecule has 0 bridgehead atoms. The van der Waals surface area contributed by atoms with Gasteiger partial charge < -0.3 is 0 Å². The average molecular weight is 329 g/mol. The van der Waals surface area contributed by atoms with E-state index in [4.69, 9.17) is 4.98 Å². The molecule has 0 unspecified atom stereocenters. The molecule has 2 heterocycles. The van der Waals surface area contributed by atoms with Gasteiger partial charge in [0.15, 0.2) is 4.96 Å². The van der Waals surface area contributed by atoms with Crippen LogP contribution in [0.4, 0.5) is 0 Å². The van der Waals surface area contributed by atoms with Gasteiger partial charge in [-0.1, -0.05) is 53.8 Å². The number of fused-ring (bicyclic) bond motifs is 3. The fraction of sp³-hybridized carbons (Fsp3) is 0. The Morgan fingerprint density at radius 3 is 2.53 bits per heavy atom. The number of benzene rings is 2. The third-order valence-corrected chi connectivity index (χ3v) is 4.90. The quantitative estimate of drug-likeness (QED) is 0.481. The van der Waals surface area contributed by atoms with Crippen LogP contribution in [0.3, 0.4) is 0 Å². The summed E-state index contributed by atoms with van der Waals surface area (Å²) in [6.45, 7) is 0. The Balaban J connectivity index is 2.08. The molecule has 0 aliphatic carbocycles. The SMILES string of the molecule is Brc1c(-c2ccccc2)nc2sc3ccccc3n12. The highest BCUT2D eigenvalue weighted by Crippen LogP contribution is 2.35.